The Morgan fingerprint density at radius 2 is 2.20 bits per heavy atom. The smallest absolute Gasteiger partial charge is 0.211 e. The van der Waals surface area contributed by atoms with Gasteiger partial charge in [-0.15, -0.1) is 5.10 Å². The minimum atomic E-state index is -0.0742. The highest BCUT2D eigenvalue weighted by atomic mass is 32.1. The molecular formula is C8H8N6S. The molecular weight excluding hydrogens is 212 g/mol. The van der Waals surface area contributed by atoms with Crippen LogP contribution in [0.5, 0.6) is 0 Å². The van der Waals surface area contributed by atoms with Crippen LogP contribution in [0.4, 0.5) is 0 Å². The van der Waals surface area contributed by atoms with Crippen LogP contribution in [0, 0.1) is 0 Å². The Bertz CT molecular complexity index is 525. The Kier molecular flexibility index (Phi) is 2.55. The molecule has 0 spiro atoms. The van der Waals surface area contributed by atoms with Gasteiger partial charge in [-0.05, 0) is 6.07 Å². The molecule has 0 unspecified atom stereocenters. The molecule has 1 aromatic heterocycles. The third-order valence-electron chi connectivity index (χ3n) is 1.69. The predicted molar refractivity (Wildman–Crippen MR) is 60.8 cm³/mol. The molecule has 0 fully saturated rings. The summed E-state index contributed by atoms with van der Waals surface area (Å²) in [6.45, 7) is 0. The third-order valence-corrected chi connectivity index (χ3v) is 2.23. The molecule has 0 amide bonds. The number of hydrogen-bond acceptors (Lipinski definition) is 5. The van der Waals surface area contributed by atoms with Crippen molar-refractivity contribution in [1.29, 1.82) is 0 Å². The molecule has 1 aromatic carbocycles. The van der Waals surface area contributed by atoms with Gasteiger partial charge in [-0.2, -0.15) is 13.8 Å². The first kappa shape index (κ1) is 9.53. The fourth-order valence-electron chi connectivity index (χ4n) is 1.09. The molecule has 2 rings (SSSR count). The number of benzene rings is 1. The van der Waals surface area contributed by atoms with Crippen LogP contribution in [0.15, 0.2) is 28.4 Å². The van der Waals surface area contributed by atoms with Gasteiger partial charge in [0, 0.05) is 5.56 Å². The Labute approximate surface area is 89.6 Å². The highest BCUT2D eigenvalue weighted by Crippen LogP contribution is 2.14. The molecule has 4 N–H and O–H groups in total. The van der Waals surface area contributed by atoms with Gasteiger partial charge >= 0.3 is 0 Å². The number of aromatic nitrogens is 2. The van der Waals surface area contributed by atoms with Crippen LogP contribution >= 0.6 is 11.7 Å². The maximum Gasteiger partial charge on any atom is 0.211 e. The summed E-state index contributed by atoms with van der Waals surface area (Å²) in [6.07, 6.45) is 1.55. The average molecular weight is 220 g/mol. The van der Waals surface area contributed by atoms with Crippen molar-refractivity contribution < 1.29 is 0 Å². The van der Waals surface area contributed by atoms with Gasteiger partial charge in [0.05, 0.1) is 17.9 Å². The highest BCUT2D eigenvalue weighted by Gasteiger charge is 2.01. The first-order valence-corrected chi connectivity index (χ1v) is 4.83. The first-order chi connectivity index (χ1) is 7.27. The van der Waals surface area contributed by atoms with Crippen molar-refractivity contribution in [2.75, 3.05) is 0 Å². The second-order valence-electron chi connectivity index (χ2n) is 2.75. The lowest BCUT2D eigenvalue weighted by Crippen LogP contribution is -2.21. The zero-order chi connectivity index (χ0) is 10.7. The van der Waals surface area contributed by atoms with Gasteiger partial charge in [-0.3, -0.25) is 0 Å². The van der Waals surface area contributed by atoms with Gasteiger partial charge < -0.3 is 11.5 Å². The standard InChI is InChI=1S/C8H8N6S/c9-8(10)12-11-4-5-2-1-3-6-7(5)14-15-13-6/h1-4H,(H4,9,10,12). The summed E-state index contributed by atoms with van der Waals surface area (Å²) < 4.78 is 8.25. The van der Waals surface area contributed by atoms with Crippen molar-refractivity contribution in [3.05, 3.63) is 23.8 Å². The van der Waals surface area contributed by atoms with Crippen molar-refractivity contribution in [2.24, 2.45) is 21.7 Å². The first-order valence-electron chi connectivity index (χ1n) is 4.10. The van der Waals surface area contributed by atoms with Crippen molar-refractivity contribution in [2.45, 2.75) is 0 Å². The monoisotopic (exact) mass is 220 g/mol. The number of fused-ring (bicyclic) bond motifs is 1. The second kappa shape index (κ2) is 4.01. The van der Waals surface area contributed by atoms with Crippen LogP contribution in [0.1, 0.15) is 5.56 Å². The van der Waals surface area contributed by atoms with Crippen molar-refractivity contribution in [3.8, 4) is 0 Å². The highest BCUT2D eigenvalue weighted by molar-refractivity contribution is 7.00. The topological polar surface area (TPSA) is 103 Å². The Morgan fingerprint density at radius 3 is 3.00 bits per heavy atom. The molecule has 0 saturated heterocycles. The normalized spacial score (nSPS) is 10.9. The lowest BCUT2D eigenvalue weighted by atomic mass is 10.2. The van der Waals surface area contributed by atoms with E-state index >= 15 is 0 Å². The minimum absolute atomic E-state index is 0.0742. The van der Waals surface area contributed by atoms with E-state index in [0.717, 1.165) is 28.3 Å². The lowest BCUT2D eigenvalue weighted by Gasteiger charge is -1.91. The van der Waals surface area contributed by atoms with E-state index in [2.05, 4.69) is 18.9 Å². The largest absolute Gasteiger partial charge is 0.369 e. The van der Waals surface area contributed by atoms with Crippen molar-refractivity contribution >= 4 is 34.9 Å². The molecule has 0 aliphatic carbocycles. The van der Waals surface area contributed by atoms with E-state index in [1.54, 1.807) is 6.21 Å². The molecule has 0 atom stereocenters. The van der Waals surface area contributed by atoms with Crippen molar-refractivity contribution in [3.63, 3.8) is 0 Å². The molecule has 0 aliphatic heterocycles. The predicted octanol–water partition coefficient (Wildman–Crippen LogP) is 0.299. The fourth-order valence-corrected chi connectivity index (χ4v) is 1.65. The number of nitrogens with two attached hydrogens (primary N) is 2. The van der Waals surface area contributed by atoms with Gasteiger partial charge in [0.15, 0.2) is 0 Å². The third kappa shape index (κ3) is 2.08. The average Bonchev–Trinajstić information content (AvgIpc) is 2.65. The van der Waals surface area contributed by atoms with Crippen LogP contribution in [-0.4, -0.2) is 20.9 Å². The molecule has 0 bridgehead atoms. The van der Waals surface area contributed by atoms with Crippen molar-refractivity contribution in [1.82, 2.24) is 8.75 Å². The molecule has 0 radical (unpaired) electrons. The molecule has 7 heteroatoms. The summed E-state index contributed by atoms with van der Waals surface area (Å²) in [5.74, 6) is -0.0742. The summed E-state index contributed by atoms with van der Waals surface area (Å²) >= 11 is 1.16. The van der Waals surface area contributed by atoms with Gasteiger partial charge in [-0.1, -0.05) is 12.1 Å². The van der Waals surface area contributed by atoms with E-state index in [0.29, 0.717) is 0 Å². The van der Waals surface area contributed by atoms with Gasteiger partial charge in [-0.25, -0.2) is 0 Å². The number of hydrogen-bond donors (Lipinski definition) is 2. The molecule has 1 heterocycles. The van der Waals surface area contributed by atoms with E-state index in [-0.39, 0.29) is 5.96 Å². The van der Waals surface area contributed by atoms with E-state index in [9.17, 15) is 0 Å². The molecule has 2 aromatic rings. The maximum atomic E-state index is 5.14. The molecule has 6 nitrogen and oxygen atoms in total. The van der Waals surface area contributed by atoms with E-state index < -0.39 is 0 Å². The van der Waals surface area contributed by atoms with Crippen LogP contribution in [0.25, 0.3) is 11.0 Å². The summed E-state index contributed by atoms with van der Waals surface area (Å²) in [7, 11) is 0. The SMILES string of the molecule is NC(N)=NN=Cc1cccc2nsnc12. The van der Waals surface area contributed by atoms with E-state index in [1.807, 2.05) is 18.2 Å². The Balaban J connectivity index is 2.39. The van der Waals surface area contributed by atoms with Gasteiger partial charge in [0.1, 0.15) is 11.0 Å². The fraction of sp³-hybridized carbons (Fsp3) is 0. The van der Waals surface area contributed by atoms with E-state index in [1.165, 1.54) is 0 Å². The number of rotatable bonds is 2. The minimum Gasteiger partial charge on any atom is -0.369 e. The molecule has 0 saturated carbocycles. The summed E-state index contributed by atoms with van der Waals surface area (Å²) in [5.41, 5.74) is 12.8. The quantitative estimate of drug-likeness (QED) is 0.431. The zero-order valence-electron chi connectivity index (χ0n) is 7.66. The van der Waals surface area contributed by atoms with Crippen LogP contribution < -0.4 is 11.5 Å². The summed E-state index contributed by atoms with van der Waals surface area (Å²) in [5, 5.41) is 7.23. The molecule has 0 aliphatic rings. The number of guanidine groups is 1. The molecule has 76 valence electrons. The van der Waals surface area contributed by atoms with Crippen LogP contribution in [0.2, 0.25) is 0 Å². The Morgan fingerprint density at radius 1 is 1.33 bits per heavy atom. The molecule has 15 heavy (non-hydrogen) atoms. The lowest BCUT2D eigenvalue weighted by molar-refractivity contribution is 1.22. The van der Waals surface area contributed by atoms with Gasteiger partial charge in [0.2, 0.25) is 5.96 Å². The maximum absolute atomic E-state index is 5.14. The second-order valence-corrected chi connectivity index (χ2v) is 3.28. The van der Waals surface area contributed by atoms with E-state index in [4.69, 9.17) is 11.5 Å². The summed E-state index contributed by atoms with van der Waals surface area (Å²) in [4.78, 5) is 0. The van der Waals surface area contributed by atoms with Crippen LogP contribution in [0.3, 0.4) is 0 Å². The number of nitrogens with zero attached hydrogens (tertiary/aromatic N) is 4. The summed E-state index contributed by atoms with van der Waals surface area (Å²) in [6, 6.07) is 5.63. The van der Waals surface area contributed by atoms with Gasteiger partial charge in [0.25, 0.3) is 0 Å². The zero-order valence-corrected chi connectivity index (χ0v) is 8.48. The van der Waals surface area contributed by atoms with Crippen LogP contribution in [-0.2, 0) is 0 Å². The Hall–Kier alpha value is -2.02.